The quantitative estimate of drug-likeness (QED) is 0.647. The first-order chi connectivity index (χ1) is 15.0. The molecule has 0 spiro atoms. The van der Waals surface area contributed by atoms with Crippen molar-refractivity contribution in [1.29, 1.82) is 0 Å². The Morgan fingerprint density at radius 1 is 1.16 bits per heavy atom. The summed E-state index contributed by atoms with van der Waals surface area (Å²) in [5.74, 6) is 3.03. The van der Waals surface area contributed by atoms with Gasteiger partial charge in [0.1, 0.15) is 10.7 Å². The molecule has 174 valence electrons. The van der Waals surface area contributed by atoms with Crippen LogP contribution in [0.4, 0.5) is 5.69 Å². The third kappa shape index (κ3) is 4.09. The van der Waals surface area contributed by atoms with Gasteiger partial charge in [0.25, 0.3) is 10.0 Å². The van der Waals surface area contributed by atoms with Crippen LogP contribution in [0.5, 0.6) is 0 Å². The molecule has 7 heteroatoms. The topological polar surface area (TPSA) is 87.6 Å². The van der Waals surface area contributed by atoms with Crippen LogP contribution in [-0.4, -0.2) is 26.2 Å². The zero-order valence-electron chi connectivity index (χ0n) is 19.4. The number of para-hydroxylation sites is 1. The largest absolute Gasteiger partial charge is 0.353 e. The minimum Gasteiger partial charge on any atom is -0.353 e. The predicted molar refractivity (Wildman–Crippen MR) is 126 cm³/mol. The molecule has 4 fully saturated rings. The predicted octanol–water partition coefficient (Wildman–Crippen LogP) is 4.73. The van der Waals surface area contributed by atoms with Crippen LogP contribution in [0, 0.1) is 28.6 Å². The smallest absolute Gasteiger partial charge is 0.286 e. The van der Waals surface area contributed by atoms with Crippen molar-refractivity contribution in [2.45, 2.75) is 83.1 Å². The molecule has 1 unspecified atom stereocenters. The van der Waals surface area contributed by atoms with Crippen LogP contribution in [0.1, 0.15) is 72.1 Å². The molecular weight excluding hydrogens is 422 g/mol. The molecule has 6 rings (SSSR count). The molecule has 0 radical (unpaired) electrons. The van der Waals surface area contributed by atoms with E-state index >= 15 is 0 Å². The van der Waals surface area contributed by atoms with E-state index in [4.69, 9.17) is 0 Å². The average molecular weight is 458 g/mol. The van der Waals surface area contributed by atoms with E-state index in [1.165, 1.54) is 38.5 Å². The molecule has 4 aliphatic carbocycles. The molecule has 4 bridgehead atoms. The Kier molecular flexibility index (Phi) is 5.19. The summed E-state index contributed by atoms with van der Waals surface area (Å²) in [4.78, 5) is 13.2. The Hall–Kier alpha value is -1.89. The van der Waals surface area contributed by atoms with Crippen LogP contribution in [0.25, 0.3) is 0 Å². The lowest BCUT2D eigenvalue weighted by molar-refractivity contribution is -0.127. The van der Waals surface area contributed by atoms with Crippen molar-refractivity contribution in [3.8, 4) is 0 Å². The van der Waals surface area contributed by atoms with Crippen molar-refractivity contribution < 1.29 is 13.2 Å². The highest BCUT2D eigenvalue weighted by molar-refractivity contribution is 7.90. The van der Waals surface area contributed by atoms with Crippen LogP contribution in [0.2, 0.25) is 0 Å². The van der Waals surface area contributed by atoms with Crippen LogP contribution < -0.4 is 10.6 Å². The molecular formula is C25H35N3O3S. The molecule has 4 saturated carbocycles. The Morgan fingerprint density at radius 3 is 2.38 bits per heavy atom. The molecule has 1 atom stereocenters. The summed E-state index contributed by atoms with van der Waals surface area (Å²) in [5.41, 5.74) is 0.411. The molecule has 2 N–H and O–H groups in total. The van der Waals surface area contributed by atoms with Crippen molar-refractivity contribution in [2.24, 2.45) is 33.0 Å². The molecule has 5 aliphatic rings. The maximum atomic E-state index is 13.0. The summed E-state index contributed by atoms with van der Waals surface area (Å²) >= 11 is 0. The van der Waals surface area contributed by atoms with E-state index in [-0.39, 0.29) is 22.3 Å². The Morgan fingerprint density at radius 2 is 1.75 bits per heavy atom. The normalized spacial score (nSPS) is 33.1. The van der Waals surface area contributed by atoms with Gasteiger partial charge in [-0.25, -0.2) is 0 Å². The maximum Gasteiger partial charge on any atom is 0.286 e. The summed E-state index contributed by atoms with van der Waals surface area (Å²) in [6, 6.07) is 6.99. The number of carbonyl (C=O) groups is 1. The summed E-state index contributed by atoms with van der Waals surface area (Å²) in [5, 5.41) is 6.50. The summed E-state index contributed by atoms with van der Waals surface area (Å²) in [6.45, 7) is 6.20. The van der Waals surface area contributed by atoms with Crippen molar-refractivity contribution in [3.63, 3.8) is 0 Å². The van der Waals surface area contributed by atoms with Gasteiger partial charge < -0.3 is 10.6 Å². The maximum absolute atomic E-state index is 13.0. The number of rotatable bonds is 6. The Balaban J connectivity index is 1.22. The molecule has 1 amide bonds. The molecule has 1 aromatic carbocycles. The number of sulfonamides is 1. The number of amidine groups is 1. The number of benzene rings is 1. The van der Waals surface area contributed by atoms with E-state index in [0.717, 1.165) is 17.8 Å². The molecule has 32 heavy (non-hydrogen) atoms. The number of fused-ring (bicyclic) bond motifs is 1. The number of hydrogen-bond acceptors (Lipinski definition) is 4. The van der Waals surface area contributed by atoms with Gasteiger partial charge in [0.2, 0.25) is 5.91 Å². The molecule has 6 nitrogen and oxygen atoms in total. The third-order valence-electron chi connectivity index (χ3n) is 8.34. The number of carbonyl (C=O) groups excluding carboxylic acids is 1. The van der Waals surface area contributed by atoms with Crippen molar-refractivity contribution >= 4 is 27.5 Å². The second-order valence-electron chi connectivity index (χ2n) is 11.7. The summed E-state index contributed by atoms with van der Waals surface area (Å²) in [7, 11) is -3.71. The standard InChI is InChI=1S/C25H35N3O3S/c1-16(25-11-17-8-18(12-25)10-19(9-17)13-25)26-23(29)15-24(2,3)14-22-27-20-6-4-5-7-21(20)32(30,31)28-22/h4-7,16-19H,8-15H2,1-3H3,(H,26,29)(H,27,28). The molecule has 1 aliphatic heterocycles. The van der Waals surface area contributed by atoms with Gasteiger partial charge in [-0.05, 0) is 86.2 Å². The fourth-order valence-corrected chi connectivity index (χ4v) is 8.49. The third-order valence-corrected chi connectivity index (χ3v) is 9.71. The van der Waals surface area contributed by atoms with Gasteiger partial charge in [-0.3, -0.25) is 4.79 Å². The number of amides is 1. The second-order valence-corrected chi connectivity index (χ2v) is 13.3. The van der Waals surface area contributed by atoms with E-state index in [1.54, 1.807) is 24.3 Å². The van der Waals surface area contributed by atoms with Gasteiger partial charge >= 0.3 is 0 Å². The van der Waals surface area contributed by atoms with Crippen LogP contribution >= 0.6 is 0 Å². The first-order valence-corrected chi connectivity index (χ1v) is 13.5. The van der Waals surface area contributed by atoms with Crippen molar-refractivity contribution in [1.82, 2.24) is 5.32 Å². The number of nitrogens with zero attached hydrogens (tertiary/aromatic N) is 1. The van der Waals surface area contributed by atoms with Crippen LogP contribution in [-0.2, 0) is 14.8 Å². The zero-order chi connectivity index (χ0) is 22.7. The fourth-order valence-electron chi connectivity index (χ4n) is 7.35. The highest BCUT2D eigenvalue weighted by Gasteiger charge is 2.53. The lowest BCUT2D eigenvalue weighted by Gasteiger charge is -2.59. The summed E-state index contributed by atoms with van der Waals surface area (Å²) in [6.07, 6.45) is 8.72. The van der Waals surface area contributed by atoms with E-state index in [0.29, 0.717) is 24.4 Å². The number of anilines is 1. The van der Waals surface area contributed by atoms with Crippen molar-refractivity contribution in [2.75, 3.05) is 5.32 Å². The molecule has 0 saturated heterocycles. The number of hydrogen-bond donors (Lipinski definition) is 2. The minimum absolute atomic E-state index is 0.0536. The van der Waals surface area contributed by atoms with Crippen LogP contribution in [0.15, 0.2) is 33.6 Å². The Bertz CT molecular complexity index is 1020. The minimum atomic E-state index is -3.71. The monoisotopic (exact) mass is 457 g/mol. The van der Waals surface area contributed by atoms with E-state index in [9.17, 15) is 13.2 Å². The van der Waals surface area contributed by atoms with Gasteiger partial charge in [-0.15, -0.1) is 4.40 Å². The SMILES string of the molecule is CC(NC(=O)CC(C)(C)CC1=NS(=O)(=O)c2ccccc2N1)C12CC3CC(CC(C3)C1)C2. The Labute approximate surface area is 191 Å². The lowest BCUT2D eigenvalue weighted by atomic mass is 9.48. The van der Waals surface area contributed by atoms with E-state index in [2.05, 4.69) is 22.0 Å². The first-order valence-electron chi connectivity index (χ1n) is 12.0. The van der Waals surface area contributed by atoms with Gasteiger partial charge in [0.05, 0.1) is 5.69 Å². The van der Waals surface area contributed by atoms with Gasteiger partial charge in [-0.1, -0.05) is 26.0 Å². The average Bonchev–Trinajstić information content (AvgIpc) is 2.65. The van der Waals surface area contributed by atoms with Crippen molar-refractivity contribution in [3.05, 3.63) is 24.3 Å². The molecule has 1 heterocycles. The van der Waals surface area contributed by atoms with Crippen LogP contribution in [0.3, 0.4) is 0 Å². The summed E-state index contributed by atoms with van der Waals surface area (Å²) < 4.78 is 29.1. The lowest BCUT2D eigenvalue weighted by Crippen LogP contribution is -2.56. The number of nitrogens with one attached hydrogen (secondary N) is 2. The van der Waals surface area contributed by atoms with E-state index < -0.39 is 15.4 Å². The van der Waals surface area contributed by atoms with Gasteiger partial charge in [-0.2, -0.15) is 8.42 Å². The highest BCUT2D eigenvalue weighted by Crippen LogP contribution is 2.61. The zero-order valence-corrected chi connectivity index (χ0v) is 20.2. The molecule has 1 aromatic rings. The molecule has 0 aromatic heterocycles. The highest BCUT2D eigenvalue weighted by atomic mass is 32.2. The van der Waals surface area contributed by atoms with E-state index in [1.807, 2.05) is 13.8 Å². The van der Waals surface area contributed by atoms with Gasteiger partial charge in [0, 0.05) is 18.9 Å². The first kappa shape index (κ1) is 21.9. The van der Waals surface area contributed by atoms with Gasteiger partial charge in [0.15, 0.2) is 0 Å². The fraction of sp³-hybridized carbons (Fsp3) is 0.680. The second kappa shape index (κ2) is 7.57.